The lowest BCUT2D eigenvalue weighted by Gasteiger charge is -2.48. The smallest absolute Gasteiger partial charge is 0.408 e. The number of hydrogen-bond donors (Lipinski definition) is 1. The van der Waals surface area contributed by atoms with Crippen LogP contribution in [0.4, 0.5) is 9.18 Å². The zero-order valence-electron chi connectivity index (χ0n) is 19.3. The van der Waals surface area contributed by atoms with Crippen LogP contribution in [-0.4, -0.2) is 45.7 Å². The minimum absolute atomic E-state index is 0.0240. The summed E-state index contributed by atoms with van der Waals surface area (Å²) in [7, 11) is 0. The highest BCUT2D eigenvalue weighted by Gasteiger charge is 2.43. The molecule has 2 amide bonds. The fourth-order valence-corrected chi connectivity index (χ4v) is 5.07. The molecule has 4 rings (SSSR count). The molecule has 0 aliphatic carbocycles. The summed E-state index contributed by atoms with van der Waals surface area (Å²) in [5, 5.41) is 5.07. The van der Waals surface area contributed by atoms with E-state index in [-0.39, 0.29) is 23.0 Å². The van der Waals surface area contributed by atoms with Crippen molar-refractivity contribution in [3.8, 4) is 11.1 Å². The van der Waals surface area contributed by atoms with E-state index in [1.807, 2.05) is 12.3 Å². The monoisotopic (exact) mass is 505 g/mol. The van der Waals surface area contributed by atoms with Gasteiger partial charge in [0.1, 0.15) is 18.0 Å². The first kappa shape index (κ1) is 24.2. The van der Waals surface area contributed by atoms with Gasteiger partial charge in [-0.3, -0.25) is 9.59 Å². The van der Waals surface area contributed by atoms with Gasteiger partial charge in [-0.25, -0.2) is 9.18 Å². The molecule has 1 aliphatic heterocycles. The summed E-state index contributed by atoms with van der Waals surface area (Å²) in [5.41, 5.74) is -0.232. The summed E-state index contributed by atoms with van der Waals surface area (Å²) in [5.74, 6) is -0.762. The average molecular weight is 506 g/mol. The van der Waals surface area contributed by atoms with Crippen LogP contribution >= 0.6 is 22.9 Å². The van der Waals surface area contributed by atoms with E-state index in [4.69, 9.17) is 16.3 Å². The molecule has 3 heterocycles. The fraction of sp³-hybridized carbons (Fsp3) is 0.375. The van der Waals surface area contributed by atoms with Crippen LogP contribution in [0.2, 0.25) is 5.02 Å². The average Bonchev–Trinajstić information content (AvgIpc) is 3.13. The maximum Gasteiger partial charge on any atom is 0.408 e. The number of amides is 2. The van der Waals surface area contributed by atoms with Gasteiger partial charge in [-0.15, -0.1) is 11.3 Å². The van der Waals surface area contributed by atoms with E-state index >= 15 is 0 Å². The summed E-state index contributed by atoms with van der Waals surface area (Å²) in [4.78, 5) is 39.7. The van der Waals surface area contributed by atoms with Gasteiger partial charge in [-0.1, -0.05) is 17.7 Å². The van der Waals surface area contributed by atoms with Gasteiger partial charge in [-0.05, 0) is 51.5 Å². The van der Waals surface area contributed by atoms with Gasteiger partial charge in [0, 0.05) is 34.9 Å². The molecule has 7 nitrogen and oxygen atoms in total. The fourth-order valence-electron chi connectivity index (χ4n) is 3.93. The molecular formula is C24H25ClFN3O4S. The van der Waals surface area contributed by atoms with E-state index in [0.29, 0.717) is 29.6 Å². The van der Waals surface area contributed by atoms with Gasteiger partial charge in [0.15, 0.2) is 0 Å². The molecule has 1 saturated heterocycles. The molecule has 1 aliphatic rings. The van der Waals surface area contributed by atoms with Crippen molar-refractivity contribution in [1.82, 2.24) is 14.8 Å². The third kappa shape index (κ3) is 4.95. The SMILES string of the molecule is CC1(NC(=O)OC(C)(C)C)CN(C(=O)Cn2ccc3scc(-c4ccc(F)c(Cl)c4)c3c2=O)C1. The molecule has 10 heteroatoms. The zero-order chi connectivity index (χ0) is 24.8. The molecule has 1 fully saturated rings. The number of nitrogens with zero attached hydrogens (tertiary/aromatic N) is 2. The molecule has 180 valence electrons. The normalized spacial score (nSPS) is 15.2. The molecule has 2 aromatic heterocycles. The van der Waals surface area contributed by atoms with Gasteiger partial charge in [0.25, 0.3) is 5.56 Å². The Morgan fingerprint density at radius 3 is 2.62 bits per heavy atom. The number of hydrogen-bond acceptors (Lipinski definition) is 5. The van der Waals surface area contributed by atoms with Crippen molar-refractivity contribution in [1.29, 1.82) is 0 Å². The lowest BCUT2D eigenvalue weighted by molar-refractivity contribution is -0.140. The number of benzene rings is 1. The topological polar surface area (TPSA) is 80.6 Å². The Balaban J connectivity index is 1.48. The number of alkyl carbamates (subject to hydrolysis) is 1. The van der Waals surface area contributed by atoms with Gasteiger partial charge < -0.3 is 19.5 Å². The molecule has 0 atom stereocenters. The van der Waals surface area contributed by atoms with Gasteiger partial charge >= 0.3 is 6.09 Å². The minimum atomic E-state index is -0.612. The number of pyridine rings is 1. The summed E-state index contributed by atoms with van der Waals surface area (Å²) in [6.07, 6.45) is 1.06. The number of aromatic nitrogens is 1. The Morgan fingerprint density at radius 2 is 1.97 bits per heavy atom. The quantitative estimate of drug-likeness (QED) is 0.559. The summed E-state index contributed by atoms with van der Waals surface area (Å²) < 4.78 is 21.0. The van der Waals surface area contributed by atoms with Crippen LogP contribution in [0.25, 0.3) is 21.2 Å². The molecule has 0 unspecified atom stereocenters. The Labute approximate surface area is 205 Å². The zero-order valence-corrected chi connectivity index (χ0v) is 20.8. The molecule has 0 bridgehead atoms. The summed E-state index contributed by atoms with van der Waals surface area (Å²) in [6.45, 7) is 7.69. The minimum Gasteiger partial charge on any atom is -0.444 e. The predicted octanol–water partition coefficient (Wildman–Crippen LogP) is 4.65. The van der Waals surface area contributed by atoms with Crippen molar-refractivity contribution < 1.29 is 18.7 Å². The first-order valence-corrected chi connectivity index (χ1v) is 12.0. The number of likely N-dealkylation sites (tertiary alicyclic amines) is 1. The van der Waals surface area contributed by atoms with Crippen LogP contribution in [0, 0.1) is 5.82 Å². The Hall–Kier alpha value is -2.91. The number of thiophene rings is 1. The number of halogens is 2. The first-order chi connectivity index (χ1) is 15.8. The molecule has 3 aromatic rings. The number of carbonyl (C=O) groups is 2. The lowest BCUT2D eigenvalue weighted by Crippen LogP contribution is -2.70. The maximum atomic E-state index is 13.6. The van der Waals surface area contributed by atoms with E-state index in [9.17, 15) is 18.8 Å². The molecule has 1 N–H and O–H groups in total. The Bertz CT molecular complexity index is 1340. The van der Waals surface area contributed by atoms with Crippen molar-refractivity contribution in [2.45, 2.75) is 45.4 Å². The molecule has 0 spiro atoms. The van der Waals surface area contributed by atoms with E-state index in [0.717, 1.165) is 4.70 Å². The number of carbonyl (C=O) groups excluding carboxylic acids is 2. The second-order valence-corrected chi connectivity index (χ2v) is 11.0. The number of fused-ring (bicyclic) bond motifs is 1. The van der Waals surface area contributed by atoms with E-state index < -0.39 is 23.1 Å². The highest BCUT2D eigenvalue weighted by Crippen LogP contribution is 2.33. The molecule has 34 heavy (non-hydrogen) atoms. The third-order valence-corrected chi connectivity index (χ3v) is 6.71. The predicted molar refractivity (Wildman–Crippen MR) is 131 cm³/mol. The van der Waals surface area contributed by atoms with E-state index in [1.54, 1.807) is 44.0 Å². The maximum absolute atomic E-state index is 13.6. The van der Waals surface area contributed by atoms with Gasteiger partial charge in [0.2, 0.25) is 5.91 Å². The van der Waals surface area contributed by atoms with Crippen LogP contribution in [0.1, 0.15) is 27.7 Å². The summed E-state index contributed by atoms with van der Waals surface area (Å²) in [6, 6.07) is 6.11. The summed E-state index contributed by atoms with van der Waals surface area (Å²) >= 11 is 7.32. The van der Waals surface area contributed by atoms with E-state index in [2.05, 4.69) is 5.32 Å². The molecular weight excluding hydrogens is 481 g/mol. The Morgan fingerprint density at radius 1 is 1.26 bits per heavy atom. The highest BCUT2D eigenvalue weighted by molar-refractivity contribution is 7.17. The van der Waals surface area contributed by atoms with E-state index in [1.165, 1.54) is 28.0 Å². The number of nitrogens with one attached hydrogen (secondary N) is 1. The lowest BCUT2D eigenvalue weighted by atomic mass is 9.92. The number of ether oxygens (including phenoxy) is 1. The largest absolute Gasteiger partial charge is 0.444 e. The molecule has 0 saturated carbocycles. The van der Waals surface area contributed by atoms with Gasteiger partial charge in [-0.2, -0.15) is 0 Å². The second-order valence-electron chi connectivity index (χ2n) is 9.70. The molecule has 1 aromatic carbocycles. The van der Waals surface area contributed by atoms with Crippen molar-refractivity contribution in [2.75, 3.05) is 13.1 Å². The Kier molecular flexibility index (Phi) is 6.20. The van der Waals surface area contributed by atoms with Crippen molar-refractivity contribution in [3.05, 3.63) is 57.0 Å². The second kappa shape index (κ2) is 8.70. The van der Waals surface area contributed by atoms with Crippen LogP contribution < -0.4 is 10.9 Å². The van der Waals surface area contributed by atoms with Gasteiger partial charge in [0.05, 0.1) is 15.9 Å². The highest BCUT2D eigenvalue weighted by atomic mass is 35.5. The van der Waals surface area contributed by atoms with Crippen molar-refractivity contribution >= 4 is 45.0 Å². The molecule has 0 radical (unpaired) electrons. The first-order valence-electron chi connectivity index (χ1n) is 10.7. The van der Waals surface area contributed by atoms with Crippen LogP contribution in [-0.2, 0) is 16.1 Å². The van der Waals surface area contributed by atoms with Crippen LogP contribution in [0.3, 0.4) is 0 Å². The van der Waals surface area contributed by atoms with Crippen LogP contribution in [0.5, 0.6) is 0 Å². The number of rotatable bonds is 4. The van der Waals surface area contributed by atoms with Crippen molar-refractivity contribution in [3.63, 3.8) is 0 Å². The standard InChI is InChI=1S/C24H25ClFN3O4S/c1-23(2,3)33-22(32)27-24(4)12-29(13-24)19(30)10-28-8-7-18-20(21(28)31)15(11-34-18)14-5-6-17(26)16(25)9-14/h5-9,11H,10,12-13H2,1-4H3,(H,27,32). The van der Waals surface area contributed by atoms with Crippen molar-refractivity contribution in [2.24, 2.45) is 0 Å². The van der Waals surface area contributed by atoms with Crippen LogP contribution in [0.15, 0.2) is 40.6 Å². The third-order valence-electron chi connectivity index (χ3n) is 5.47.